The van der Waals surface area contributed by atoms with Gasteiger partial charge in [0.2, 0.25) is 11.8 Å². The fourth-order valence-electron chi connectivity index (χ4n) is 8.10. The highest BCUT2D eigenvalue weighted by molar-refractivity contribution is 7.91. The monoisotopic (exact) mass is 1100 g/mol. The number of pyridine rings is 2. The van der Waals surface area contributed by atoms with Crippen LogP contribution < -0.4 is 28.4 Å². The molecular weight excluding hydrogens is 1040 g/mol. The lowest BCUT2D eigenvalue weighted by Gasteiger charge is -2.21. The molecule has 8 aromatic rings. The predicted molar refractivity (Wildman–Crippen MR) is 285 cm³/mol. The van der Waals surface area contributed by atoms with Crippen molar-refractivity contribution in [2.45, 2.75) is 48.1 Å². The molecule has 0 aliphatic carbocycles. The zero-order chi connectivity index (χ0) is 56.3. The van der Waals surface area contributed by atoms with Gasteiger partial charge in [-0.3, -0.25) is 9.13 Å². The number of aliphatic hydroxyl groups excluding tert-OH is 2. The number of methoxy groups -OCH3 is 6. The van der Waals surface area contributed by atoms with E-state index in [1.807, 2.05) is 12.1 Å². The third kappa shape index (κ3) is 12.2. The van der Waals surface area contributed by atoms with Crippen molar-refractivity contribution in [3.63, 3.8) is 0 Å². The molecule has 2 N–H and O–H groups in total. The van der Waals surface area contributed by atoms with Gasteiger partial charge in [0.25, 0.3) is 0 Å². The molecule has 4 heterocycles. The molecule has 404 valence electrons. The van der Waals surface area contributed by atoms with Crippen molar-refractivity contribution in [1.82, 2.24) is 39.5 Å². The van der Waals surface area contributed by atoms with Crippen LogP contribution >= 0.6 is 0 Å². The molecule has 0 amide bonds. The molecule has 4 aromatic carbocycles. The number of hydrogen-bond donors (Lipinski definition) is 2. The van der Waals surface area contributed by atoms with E-state index in [1.54, 1.807) is 72.8 Å². The summed E-state index contributed by atoms with van der Waals surface area (Å²) < 4.78 is 90.2. The summed E-state index contributed by atoms with van der Waals surface area (Å²) in [5, 5.41) is 54.4. The van der Waals surface area contributed by atoms with Crippen LogP contribution in [-0.2, 0) is 31.2 Å². The van der Waals surface area contributed by atoms with Gasteiger partial charge < -0.3 is 38.6 Å². The first kappa shape index (κ1) is 56.8. The maximum Gasteiger partial charge on any atom is 0.213 e. The summed E-state index contributed by atoms with van der Waals surface area (Å²) in [6.07, 6.45) is -2.67. The standard InChI is InChI=1S/2C27H27N5O6S/c2*1-17(26(33)19-13-11-18(15-28)12-14-19)39(34,35)16-23-30-31-27(20-7-5-10-24(29-20)38-4)32(23)25-21(36-2)8-6-9-22(25)37-3/h2*5-14,17,26,33H,16H2,1-4H3/t17-,26+;17-,26-/m11/s1. The molecule has 78 heavy (non-hydrogen) atoms. The zero-order valence-corrected chi connectivity index (χ0v) is 45.2. The van der Waals surface area contributed by atoms with Gasteiger partial charge in [-0.15, -0.1) is 20.4 Å². The molecule has 0 saturated carbocycles. The van der Waals surface area contributed by atoms with E-state index >= 15 is 0 Å². The topological polar surface area (TPSA) is 299 Å². The second-order valence-corrected chi connectivity index (χ2v) is 21.8. The number of para-hydroxylation sites is 2. The first-order chi connectivity index (χ1) is 37.5. The number of benzene rings is 4. The summed E-state index contributed by atoms with van der Waals surface area (Å²) in [6, 6.07) is 36.7. The van der Waals surface area contributed by atoms with Crippen molar-refractivity contribution in [2.24, 2.45) is 0 Å². The van der Waals surface area contributed by atoms with Crippen molar-refractivity contribution in [2.75, 3.05) is 42.7 Å². The number of aliphatic hydroxyl groups is 2. The van der Waals surface area contributed by atoms with Crippen LogP contribution in [0.15, 0.2) is 121 Å². The Balaban J connectivity index is 0.000000226. The Morgan fingerprint density at radius 2 is 0.795 bits per heavy atom. The van der Waals surface area contributed by atoms with Crippen LogP contribution in [-0.4, -0.2) is 120 Å². The summed E-state index contributed by atoms with van der Waals surface area (Å²) >= 11 is 0. The smallest absolute Gasteiger partial charge is 0.213 e. The summed E-state index contributed by atoms with van der Waals surface area (Å²) in [4.78, 5) is 8.89. The first-order valence-corrected chi connectivity index (χ1v) is 27.0. The largest absolute Gasteiger partial charge is 0.494 e. The molecule has 0 radical (unpaired) electrons. The second-order valence-electron chi connectivity index (χ2n) is 17.1. The summed E-state index contributed by atoms with van der Waals surface area (Å²) in [5.74, 6) is 1.73. The third-order valence-corrected chi connectivity index (χ3v) is 16.6. The Bertz CT molecular complexity index is 3420. The number of nitrogens with zero attached hydrogens (tertiary/aromatic N) is 10. The van der Waals surface area contributed by atoms with Gasteiger partial charge in [-0.2, -0.15) is 10.5 Å². The molecule has 0 bridgehead atoms. The first-order valence-electron chi connectivity index (χ1n) is 23.6. The van der Waals surface area contributed by atoms with Crippen molar-refractivity contribution in [1.29, 1.82) is 10.5 Å². The Hall–Kier alpha value is -8.94. The Kier molecular flexibility index (Phi) is 18.1. The number of nitriles is 2. The average molecular weight is 1100 g/mol. The third-order valence-electron chi connectivity index (χ3n) is 12.5. The predicted octanol–water partition coefficient (Wildman–Crippen LogP) is 6.53. The molecule has 0 spiro atoms. The minimum absolute atomic E-state index is 0.0660. The van der Waals surface area contributed by atoms with E-state index in [9.17, 15) is 27.0 Å². The summed E-state index contributed by atoms with van der Waals surface area (Å²) in [6.45, 7) is 2.85. The van der Waals surface area contributed by atoms with Gasteiger partial charge in [0.1, 0.15) is 57.3 Å². The summed E-state index contributed by atoms with van der Waals surface area (Å²) in [5.41, 5.74) is 3.08. The average Bonchev–Trinajstić information content (AvgIpc) is 4.19. The second kappa shape index (κ2) is 24.8. The molecular formula is C54H54N10O12S2. The Labute approximate surface area is 450 Å². The van der Waals surface area contributed by atoms with Gasteiger partial charge in [-0.05, 0) is 85.6 Å². The summed E-state index contributed by atoms with van der Waals surface area (Å²) in [7, 11) is 0.923. The molecule has 8 rings (SSSR count). The van der Waals surface area contributed by atoms with Gasteiger partial charge in [-0.1, -0.05) is 48.5 Å². The van der Waals surface area contributed by atoms with E-state index in [1.165, 1.54) is 114 Å². The molecule has 0 saturated heterocycles. The molecule has 24 heteroatoms. The lowest BCUT2D eigenvalue weighted by atomic mass is 10.1. The van der Waals surface area contributed by atoms with Crippen molar-refractivity contribution in [3.05, 3.63) is 155 Å². The van der Waals surface area contributed by atoms with Gasteiger partial charge in [0, 0.05) is 12.1 Å². The molecule has 0 unspecified atom stereocenters. The fourth-order valence-corrected chi connectivity index (χ4v) is 10.8. The van der Waals surface area contributed by atoms with E-state index in [0.717, 1.165) is 0 Å². The Morgan fingerprint density at radius 1 is 0.474 bits per heavy atom. The maximum atomic E-state index is 13.6. The lowest BCUT2D eigenvalue weighted by Crippen LogP contribution is -2.28. The highest BCUT2D eigenvalue weighted by atomic mass is 32.2. The van der Waals surface area contributed by atoms with Gasteiger partial charge in [0.05, 0.1) is 88.6 Å². The van der Waals surface area contributed by atoms with E-state index in [4.69, 9.17) is 38.9 Å². The van der Waals surface area contributed by atoms with Crippen LogP contribution in [0.5, 0.6) is 34.8 Å². The van der Waals surface area contributed by atoms with E-state index in [-0.39, 0.29) is 23.3 Å². The van der Waals surface area contributed by atoms with Gasteiger partial charge in [-0.25, -0.2) is 26.8 Å². The molecule has 0 fully saturated rings. The molecule has 4 atom stereocenters. The maximum absolute atomic E-state index is 13.6. The van der Waals surface area contributed by atoms with Crippen LogP contribution in [0.4, 0.5) is 0 Å². The number of rotatable bonds is 20. The van der Waals surface area contributed by atoms with Crippen LogP contribution in [0.1, 0.15) is 60.0 Å². The van der Waals surface area contributed by atoms with Gasteiger partial charge in [0.15, 0.2) is 43.0 Å². The van der Waals surface area contributed by atoms with Crippen LogP contribution in [0, 0.1) is 22.7 Å². The number of ether oxygens (including phenoxy) is 6. The zero-order valence-electron chi connectivity index (χ0n) is 43.5. The SMILES string of the molecule is COc1cccc(-c2nnc(CS(=O)(=O)[C@H](C)[C@@H](O)c3ccc(C#N)cc3)n2-c2c(OC)cccc2OC)n1.COc1cccc(-c2nnc(CS(=O)(=O)[C@H](C)[C@H](O)c3ccc(C#N)cc3)n2-c2c(OC)cccc2OC)n1. The molecule has 22 nitrogen and oxygen atoms in total. The highest BCUT2D eigenvalue weighted by Gasteiger charge is 2.35. The normalized spacial score (nSPS) is 12.8. The van der Waals surface area contributed by atoms with Crippen LogP contribution in [0.3, 0.4) is 0 Å². The molecule has 0 aliphatic heterocycles. The van der Waals surface area contributed by atoms with Crippen LogP contribution in [0.25, 0.3) is 34.4 Å². The number of sulfone groups is 2. The molecule has 0 aliphatic rings. The van der Waals surface area contributed by atoms with Crippen LogP contribution in [0.2, 0.25) is 0 Å². The number of aromatic nitrogens is 8. The van der Waals surface area contributed by atoms with E-state index < -0.39 is 53.9 Å². The van der Waals surface area contributed by atoms with E-state index in [0.29, 0.717) is 79.8 Å². The Morgan fingerprint density at radius 3 is 1.09 bits per heavy atom. The van der Waals surface area contributed by atoms with Crippen molar-refractivity contribution < 1.29 is 55.5 Å². The minimum atomic E-state index is -3.99. The highest BCUT2D eigenvalue weighted by Crippen LogP contribution is 2.39. The van der Waals surface area contributed by atoms with Crippen molar-refractivity contribution in [3.8, 4) is 81.3 Å². The quantitative estimate of drug-likeness (QED) is 0.0820. The van der Waals surface area contributed by atoms with Gasteiger partial charge >= 0.3 is 0 Å². The van der Waals surface area contributed by atoms with E-state index in [2.05, 4.69) is 30.4 Å². The lowest BCUT2D eigenvalue weighted by molar-refractivity contribution is 0.175. The fraction of sp³-hybridized carbons (Fsp3) is 0.259. The molecule has 4 aromatic heterocycles. The van der Waals surface area contributed by atoms with Crippen molar-refractivity contribution >= 4 is 19.7 Å². The number of hydrogen-bond acceptors (Lipinski definition) is 20. The minimum Gasteiger partial charge on any atom is -0.494 e.